The van der Waals surface area contributed by atoms with Crippen molar-refractivity contribution in [3.63, 3.8) is 0 Å². The fourth-order valence-corrected chi connectivity index (χ4v) is 3.57. The van der Waals surface area contributed by atoms with Gasteiger partial charge in [-0.15, -0.1) is 11.6 Å². The van der Waals surface area contributed by atoms with E-state index in [4.69, 9.17) is 11.6 Å². The van der Waals surface area contributed by atoms with Crippen LogP contribution in [0.4, 0.5) is 0 Å². The molecule has 2 aromatic rings. The van der Waals surface area contributed by atoms with E-state index in [2.05, 4.69) is 66.0 Å². The Hall–Kier alpha value is 0.170. The molecule has 0 heterocycles. The van der Waals surface area contributed by atoms with Gasteiger partial charge in [-0.25, -0.2) is 0 Å². The Bertz CT molecular complexity index is 554. The summed E-state index contributed by atoms with van der Waals surface area (Å²) in [4.78, 5) is 0. The van der Waals surface area contributed by atoms with Crippen molar-refractivity contribution in [3.8, 4) is 0 Å². The summed E-state index contributed by atoms with van der Waals surface area (Å²) in [5.41, 5.74) is 2.32. The van der Waals surface area contributed by atoms with E-state index in [0.29, 0.717) is 0 Å². The van der Waals surface area contributed by atoms with Crippen molar-refractivity contribution in [2.24, 2.45) is 0 Å². The molecule has 0 aliphatic heterocycles. The quantitative estimate of drug-likeness (QED) is 0.466. The van der Waals surface area contributed by atoms with Gasteiger partial charge in [-0.2, -0.15) is 0 Å². The maximum Gasteiger partial charge on any atom is 0.0637 e. The Kier molecular flexibility index (Phi) is 5.31. The van der Waals surface area contributed by atoms with E-state index >= 15 is 0 Å². The van der Waals surface area contributed by atoms with E-state index in [9.17, 15) is 0 Å². The maximum atomic E-state index is 6.50. The minimum absolute atomic E-state index is 0.0498. The van der Waals surface area contributed by atoms with Gasteiger partial charge in [0, 0.05) is 13.4 Å². The fourth-order valence-electron chi connectivity index (χ4n) is 1.74. The van der Waals surface area contributed by atoms with E-state index in [-0.39, 0.29) is 5.38 Å². The van der Waals surface area contributed by atoms with Crippen LogP contribution in [0.25, 0.3) is 0 Å². The van der Waals surface area contributed by atoms with Gasteiger partial charge in [-0.05, 0) is 47.9 Å². The number of benzene rings is 2. The standard InChI is InChI=1S/C14H10Br3Cl/c15-10-3-1-2-9(6-10)7-14(18)12-8-11(16)4-5-13(12)17/h1-6,8,14H,7H2. The summed E-state index contributed by atoms with van der Waals surface area (Å²) in [6.07, 6.45) is 0.802. The Morgan fingerprint density at radius 1 is 0.944 bits per heavy atom. The van der Waals surface area contributed by atoms with Crippen LogP contribution in [0.5, 0.6) is 0 Å². The molecule has 0 radical (unpaired) electrons. The van der Waals surface area contributed by atoms with Crippen LogP contribution in [0.1, 0.15) is 16.5 Å². The Morgan fingerprint density at radius 3 is 2.39 bits per heavy atom. The van der Waals surface area contributed by atoms with E-state index < -0.39 is 0 Å². The molecular weight excluding hydrogens is 443 g/mol. The van der Waals surface area contributed by atoms with Crippen molar-refractivity contribution >= 4 is 59.4 Å². The van der Waals surface area contributed by atoms with E-state index in [1.54, 1.807) is 0 Å². The van der Waals surface area contributed by atoms with Crippen LogP contribution in [0.15, 0.2) is 55.9 Å². The summed E-state index contributed by atoms with van der Waals surface area (Å²) >= 11 is 17.0. The lowest BCUT2D eigenvalue weighted by Crippen LogP contribution is -1.97. The lowest BCUT2D eigenvalue weighted by atomic mass is 10.0. The highest BCUT2D eigenvalue weighted by Gasteiger charge is 2.13. The molecule has 0 fully saturated rings. The topological polar surface area (TPSA) is 0 Å². The molecule has 0 N–H and O–H groups in total. The summed E-state index contributed by atoms with van der Waals surface area (Å²) < 4.78 is 3.17. The molecule has 0 aliphatic rings. The highest BCUT2D eigenvalue weighted by atomic mass is 79.9. The zero-order chi connectivity index (χ0) is 13.1. The van der Waals surface area contributed by atoms with Gasteiger partial charge in [0.05, 0.1) is 5.38 Å². The first-order valence-electron chi connectivity index (χ1n) is 5.40. The van der Waals surface area contributed by atoms with Gasteiger partial charge >= 0.3 is 0 Å². The van der Waals surface area contributed by atoms with Gasteiger partial charge in [0.15, 0.2) is 0 Å². The minimum Gasteiger partial charge on any atom is -0.117 e. The lowest BCUT2D eigenvalue weighted by Gasteiger charge is -2.12. The predicted octanol–water partition coefficient (Wildman–Crippen LogP) is 6.50. The zero-order valence-corrected chi connectivity index (χ0v) is 14.9. The first-order chi connectivity index (χ1) is 8.56. The van der Waals surface area contributed by atoms with E-state index in [0.717, 1.165) is 25.4 Å². The highest BCUT2D eigenvalue weighted by Crippen LogP contribution is 2.33. The van der Waals surface area contributed by atoms with Crippen LogP contribution in [-0.4, -0.2) is 0 Å². The molecule has 1 atom stereocenters. The minimum atomic E-state index is -0.0498. The third kappa shape index (κ3) is 3.83. The van der Waals surface area contributed by atoms with Gasteiger partial charge in [-0.1, -0.05) is 59.9 Å². The molecule has 0 aromatic heterocycles. The smallest absolute Gasteiger partial charge is 0.0637 e. The summed E-state index contributed by atoms with van der Waals surface area (Å²) in [7, 11) is 0. The zero-order valence-electron chi connectivity index (χ0n) is 9.34. The summed E-state index contributed by atoms with van der Waals surface area (Å²) in [6, 6.07) is 14.3. The van der Waals surface area contributed by atoms with Crippen molar-refractivity contribution in [1.29, 1.82) is 0 Å². The van der Waals surface area contributed by atoms with Crippen LogP contribution in [0, 0.1) is 0 Å². The second kappa shape index (κ2) is 6.56. The largest absolute Gasteiger partial charge is 0.117 e. The average molecular weight is 453 g/mol. The first-order valence-corrected chi connectivity index (χ1v) is 8.21. The summed E-state index contributed by atoms with van der Waals surface area (Å²) in [5.74, 6) is 0. The first kappa shape index (κ1) is 14.6. The molecule has 0 spiro atoms. The number of alkyl halides is 1. The number of hydrogen-bond donors (Lipinski definition) is 0. The summed E-state index contributed by atoms with van der Waals surface area (Å²) in [6.45, 7) is 0. The van der Waals surface area contributed by atoms with Crippen molar-refractivity contribution in [3.05, 3.63) is 67.0 Å². The molecule has 2 rings (SSSR count). The molecule has 0 aliphatic carbocycles. The van der Waals surface area contributed by atoms with Gasteiger partial charge in [-0.3, -0.25) is 0 Å². The van der Waals surface area contributed by atoms with Crippen molar-refractivity contribution in [2.45, 2.75) is 11.8 Å². The Morgan fingerprint density at radius 2 is 1.67 bits per heavy atom. The Balaban J connectivity index is 2.21. The number of rotatable bonds is 3. The van der Waals surface area contributed by atoms with Crippen LogP contribution >= 0.6 is 59.4 Å². The molecule has 94 valence electrons. The third-order valence-electron chi connectivity index (χ3n) is 2.60. The highest BCUT2D eigenvalue weighted by molar-refractivity contribution is 9.11. The van der Waals surface area contributed by atoms with Crippen LogP contribution in [0.2, 0.25) is 0 Å². The molecule has 1 unspecified atom stereocenters. The second-order valence-corrected chi connectivity index (χ2v) is 7.18. The molecule has 18 heavy (non-hydrogen) atoms. The lowest BCUT2D eigenvalue weighted by molar-refractivity contribution is 0.913. The normalized spacial score (nSPS) is 12.4. The molecule has 0 bridgehead atoms. The number of halogens is 4. The van der Waals surface area contributed by atoms with E-state index in [1.807, 2.05) is 24.3 Å². The third-order valence-corrected chi connectivity index (χ3v) is 4.70. The Labute approximate surface area is 137 Å². The van der Waals surface area contributed by atoms with Crippen molar-refractivity contribution < 1.29 is 0 Å². The van der Waals surface area contributed by atoms with Crippen LogP contribution in [-0.2, 0) is 6.42 Å². The molecule has 0 saturated heterocycles. The van der Waals surface area contributed by atoms with Gasteiger partial charge in [0.1, 0.15) is 0 Å². The second-order valence-electron chi connectivity index (χ2n) is 3.97. The fraction of sp³-hybridized carbons (Fsp3) is 0.143. The molecule has 0 saturated carbocycles. The molecule has 0 amide bonds. The van der Waals surface area contributed by atoms with Crippen LogP contribution in [0.3, 0.4) is 0 Å². The molecular formula is C14H10Br3Cl. The average Bonchev–Trinajstić information content (AvgIpc) is 2.32. The van der Waals surface area contributed by atoms with Gasteiger partial charge in [0.25, 0.3) is 0 Å². The predicted molar refractivity (Wildman–Crippen MR) is 88.3 cm³/mol. The van der Waals surface area contributed by atoms with Gasteiger partial charge < -0.3 is 0 Å². The SMILES string of the molecule is ClC(Cc1cccc(Br)c1)c1cc(Br)ccc1Br. The molecule has 0 nitrogen and oxygen atoms in total. The van der Waals surface area contributed by atoms with Crippen molar-refractivity contribution in [1.82, 2.24) is 0 Å². The monoisotopic (exact) mass is 450 g/mol. The maximum absolute atomic E-state index is 6.50. The molecule has 4 heteroatoms. The molecule has 2 aromatic carbocycles. The number of hydrogen-bond acceptors (Lipinski definition) is 0. The summed E-state index contributed by atoms with van der Waals surface area (Å²) in [5, 5.41) is -0.0498. The van der Waals surface area contributed by atoms with Gasteiger partial charge in [0.2, 0.25) is 0 Å². The van der Waals surface area contributed by atoms with E-state index in [1.165, 1.54) is 5.56 Å². The van der Waals surface area contributed by atoms with Crippen LogP contribution < -0.4 is 0 Å². The van der Waals surface area contributed by atoms with Crippen molar-refractivity contribution in [2.75, 3.05) is 0 Å².